The molecular formula is C8H24O2Si. The molecule has 0 saturated heterocycles. The van der Waals surface area contributed by atoms with Gasteiger partial charge in [0.2, 0.25) is 0 Å². The van der Waals surface area contributed by atoms with Gasteiger partial charge in [-0.1, -0.05) is 21.8 Å². The fourth-order valence-electron chi connectivity index (χ4n) is 0.407. The second-order valence-corrected chi connectivity index (χ2v) is 5.95. The molecule has 0 aliphatic rings. The van der Waals surface area contributed by atoms with E-state index in [0.29, 0.717) is 0 Å². The van der Waals surface area contributed by atoms with Crippen LogP contribution in [0.25, 0.3) is 0 Å². The summed E-state index contributed by atoms with van der Waals surface area (Å²) in [6, 6.07) is 0. The lowest BCUT2D eigenvalue weighted by atomic mass is 10.5. The van der Waals surface area contributed by atoms with E-state index in [0.717, 1.165) is 13.0 Å². The van der Waals surface area contributed by atoms with Crippen LogP contribution >= 0.6 is 0 Å². The number of rotatable bonds is 4. The molecule has 0 aliphatic carbocycles. The van der Waals surface area contributed by atoms with Gasteiger partial charge in [-0.2, -0.15) is 0 Å². The van der Waals surface area contributed by atoms with Crippen LogP contribution in [0.4, 0.5) is 0 Å². The Kier molecular flexibility index (Phi) is 12.9. The van der Waals surface area contributed by atoms with Crippen molar-refractivity contribution in [2.75, 3.05) is 13.7 Å². The van der Waals surface area contributed by atoms with Crippen molar-refractivity contribution in [1.82, 2.24) is 0 Å². The van der Waals surface area contributed by atoms with Crippen LogP contribution in [0.5, 0.6) is 0 Å². The molecule has 0 atom stereocenters. The summed E-state index contributed by atoms with van der Waals surface area (Å²) >= 11 is 0. The highest BCUT2D eigenvalue weighted by Crippen LogP contribution is 2.03. The van der Waals surface area contributed by atoms with Crippen molar-refractivity contribution in [3.05, 3.63) is 0 Å². The first kappa shape index (κ1) is 17.3. The standard InChI is InChI=1S/C6H16O2Si.2CH4/c1-5-6-8-9(3,4)7-2;;/h5-6H2,1-4H3;2*1H4. The maximum atomic E-state index is 5.44. The zero-order chi connectivity index (χ0) is 7.33. The number of hydrogen-bond acceptors (Lipinski definition) is 2. The van der Waals surface area contributed by atoms with Crippen LogP contribution in [-0.2, 0) is 8.85 Å². The van der Waals surface area contributed by atoms with Crippen molar-refractivity contribution in [2.45, 2.75) is 41.3 Å². The Morgan fingerprint density at radius 1 is 1.18 bits per heavy atom. The molecule has 0 spiro atoms. The Morgan fingerprint density at radius 2 is 1.64 bits per heavy atom. The van der Waals surface area contributed by atoms with Gasteiger partial charge in [0.15, 0.2) is 0 Å². The minimum Gasteiger partial charge on any atom is -0.398 e. The van der Waals surface area contributed by atoms with E-state index in [2.05, 4.69) is 6.92 Å². The van der Waals surface area contributed by atoms with Gasteiger partial charge < -0.3 is 8.85 Å². The molecule has 3 heteroatoms. The predicted molar refractivity (Wildman–Crippen MR) is 54.2 cm³/mol. The van der Waals surface area contributed by atoms with E-state index >= 15 is 0 Å². The predicted octanol–water partition coefficient (Wildman–Crippen LogP) is 3.03. The zero-order valence-electron chi connectivity index (χ0n) is 6.73. The van der Waals surface area contributed by atoms with Crippen molar-refractivity contribution in [3.8, 4) is 0 Å². The molecule has 0 aromatic heterocycles. The largest absolute Gasteiger partial charge is 0.398 e. The molecule has 0 amide bonds. The van der Waals surface area contributed by atoms with E-state index in [4.69, 9.17) is 8.85 Å². The van der Waals surface area contributed by atoms with E-state index < -0.39 is 8.56 Å². The van der Waals surface area contributed by atoms with Crippen LogP contribution in [0.3, 0.4) is 0 Å². The van der Waals surface area contributed by atoms with Crippen molar-refractivity contribution < 1.29 is 8.85 Å². The molecule has 0 unspecified atom stereocenters. The molecule has 0 aromatic carbocycles. The summed E-state index contributed by atoms with van der Waals surface area (Å²) < 4.78 is 10.6. The highest BCUT2D eigenvalue weighted by atomic mass is 28.4. The summed E-state index contributed by atoms with van der Waals surface area (Å²) in [6.45, 7) is 7.01. The first-order chi connectivity index (χ1) is 4.12. The molecule has 0 radical (unpaired) electrons. The van der Waals surface area contributed by atoms with Crippen molar-refractivity contribution >= 4 is 8.56 Å². The monoisotopic (exact) mass is 180 g/mol. The second-order valence-electron chi connectivity index (χ2n) is 2.45. The molecular weight excluding hydrogens is 156 g/mol. The van der Waals surface area contributed by atoms with Gasteiger partial charge in [-0.3, -0.25) is 0 Å². The lowest BCUT2D eigenvalue weighted by Crippen LogP contribution is -2.33. The van der Waals surface area contributed by atoms with Crippen LogP contribution in [0, 0.1) is 0 Å². The minimum atomic E-state index is -1.70. The van der Waals surface area contributed by atoms with Gasteiger partial charge in [-0.25, -0.2) is 0 Å². The molecule has 2 nitrogen and oxygen atoms in total. The Balaban J connectivity index is -0.000000320. The lowest BCUT2D eigenvalue weighted by Gasteiger charge is -2.19. The molecule has 0 heterocycles. The first-order valence-corrected chi connectivity index (χ1v) is 6.13. The van der Waals surface area contributed by atoms with Gasteiger partial charge in [0, 0.05) is 13.7 Å². The van der Waals surface area contributed by atoms with E-state index in [1.807, 2.05) is 13.1 Å². The summed E-state index contributed by atoms with van der Waals surface area (Å²) in [7, 11) is 0.0120. The van der Waals surface area contributed by atoms with Crippen molar-refractivity contribution in [3.63, 3.8) is 0 Å². The third kappa shape index (κ3) is 10.1. The normalized spacial score (nSPS) is 9.82. The average molecular weight is 180 g/mol. The highest BCUT2D eigenvalue weighted by Gasteiger charge is 2.21. The maximum Gasteiger partial charge on any atom is 0.331 e. The van der Waals surface area contributed by atoms with Gasteiger partial charge in [0.25, 0.3) is 0 Å². The molecule has 0 saturated carbocycles. The lowest BCUT2D eigenvalue weighted by molar-refractivity contribution is 0.211. The summed E-state index contributed by atoms with van der Waals surface area (Å²) in [5.41, 5.74) is 0. The van der Waals surface area contributed by atoms with Crippen molar-refractivity contribution in [2.24, 2.45) is 0 Å². The molecule has 0 fully saturated rings. The zero-order valence-corrected chi connectivity index (χ0v) is 7.73. The Bertz CT molecular complexity index is 74.5. The average Bonchev–Trinajstić information content (AvgIpc) is 1.84. The molecule has 0 rings (SSSR count). The fraction of sp³-hybridized carbons (Fsp3) is 1.00. The van der Waals surface area contributed by atoms with E-state index in [-0.39, 0.29) is 14.9 Å². The molecule has 72 valence electrons. The van der Waals surface area contributed by atoms with Gasteiger partial charge in [-0.15, -0.1) is 0 Å². The second kappa shape index (κ2) is 8.24. The smallest absolute Gasteiger partial charge is 0.331 e. The van der Waals surface area contributed by atoms with E-state index in [9.17, 15) is 0 Å². The topological polar surface area (TPSA) is 18.5 Å². The van der Waals surface area contributed by atoms with Crippen molar-refractivity contribution in [1.29, 1.82) is 0 Å². The SMILES string of the molecule is C.C.CCCO[Si](C)(C)OC. The highest BCUT2D eigenvalue weighted by molar-refractivity contribution is 6.64. The summed E-state index contributed by atoms with van der Waals surface area (Å²) in [6.07, 6.45) is 1.07. The van der Waals surface area contributed by atoms with Gasteiger partial charge >= 0.3 is 8.56 Å². The molecule has 11 heavy (non-hydrogen) atoms. The molecule has 0 bridgehead atoms. The minimum absolute atomic E-state index is 0. The van der Waals surface area contributed by atoms with Crippen LogP contribution in [0.1, 0.15) is 28.2 Å². The maximum absolute atomic E-state index is 5.44. The molecule has 0 aliphatic heterocycles. The first-order valence-electron chi connectivity index (χ1n) is 3.31. The third-order valence-electron chi connectivity index (χ3n) is 1.15. The van der Waals surface area contributed by atoms with Crippen LogP contribution < -0.4 is 0 Å². The Morgan fingerprint density at radius 3 is 1.91 bits per heavy atom. The van der Waals surface area contributed by atoms with Gasteiger partial charge in [0.1, 0.15) is 0 Å². The summed E-state index contributed by atoms with van der Waals surface area (Å²) in [5, 5.41) is 0. The summed E-state index contributed by atoms with van der Waals surface area (Å²) in [4.78, 5) is 0. The Hall–Kier alpha value is 0.137. The van der Waals surface area contributed by atoms with Gasteiger partial charge in [-0.05, 0) is 19.5 Å². The number of hydrogen-bond donors (Lipinski definition) is 0. The van der Waals surface area contributed by atoms with E-state index in [1.165, 1.54) is 0 Å². The van der Waals surface area contributed by atoms with Crippen LogP contribution in [0.2, 0.25) is 13.1 Å². The molecule has 0 N–H and O–H groups in total. The quantitative estimate of drug-likeness (QED) is 0.619. The fourth-order valence-corrected chi connectivity index (χ4v) is 1.22. The summed E-state index contributed by atoms with van der Waals surface area (Å²) in [5.74, 6) is 0. The van der Waals surface area contributed by atoms with Crippen LogP contribution in [-0.4, -0.2) is 22.3 Å². The Labute approximate surface area is 73.2 Å². The molecule has 0 aromatic rings. The third-order valence-corrected chi connectivity index (χ3v) is 3.03. The van der Waals surface area contributed by atoms with Crippen LogP contribution in [0.15, 0.2) is 0 Å². The van der Waals surface area contributed by atoms with E-state index in [1.54, 1.807) is 7.11 Å². The van der Waals surface area contributed by atoms with Gasteiger partial charge in [0.05, 0.1) is 0 Å².